The van der Waals surface area contributed by atoms with Crippen molar-refractivity contribution in [1.82, 2.24) is 20.2 Å². The number of nitrogens with one attached hydrogen (secondary N) is 1. The van der Waals surface area contributed by atoms with Crippen molar-refractivity contribution in [1.29, 1.82) is 5.26 Å². The van der Waals surface area contributed by atoms with Gasteiger partial charge < -0.3 is 34.4 Å². The van der Waals surface area contributed by atoms with Gasteiger partial charge >= 0.3 is 0 Å². The van der Waals surface area contributed by atoms with E-state index < -0.39 is 0 Å². The van der Waals surface area contributed by atoms with Crippen molar-refractivity contribution in [2.24, 2.45) is 10.8 Å². The number of nitriles is 1. The summed E-state index contributed by atoms with van der Waals surface area (Å²) in [5.74, 6) is 0.868. The van der Waals surface area contributed by atoms with Gasteiger partial charge in [0.05, 0.1) is 41.6 Å². The van der Waals surface area contributed by atoms with Gasteiger partial charge in [0, 0.05) is 61.5 Å². The lowest BCUT2D eigenvalue weighted by molar-refractivity contribution is -0.164. The number of aliphatic hydroxyl groups excluding tert-OH is 1. The Balaban J connectivity index is 1.03. The van der Waals surface area contributed by atoms with Gasteiger partial charge in [-0.1, -0.05) is 39.3 Å². The van der Waals surface area contributed by atoms with Crippen LogP contribution in [0.1, 0.15) is 69.3 Å². The molecule has 0 radical (unpaired) electrons. The van der Waals surface area contributed by atoms with E-state index in [1.165, 1.54) is 0 Å². The number of benzene rings is 1. The Kier molecular flexibility index (Phi) is 10.9. The summed E-state index contributed by atoms with van der Waals surface area (Å²) in [6, 6.07) is 6.92. The van der Waals surface area contributed by atoms with E-state index in [0.29, 0.717) is 67.0 Å². The third-order valence-corrected chi connectivity index (χ3v) is 9.99. The molecule has 3 heterocycles. The summed E-state index contributed by atoms with van der Waals surface area (Å²) >= 11 is 6.21. The molecule has 2 aliphatic heterocycles. The zero-order chi connectivity index (χ0) is 33.8. The second-order valence-corrected chi connectivity index (χ2v) is 14.2. The van der Waals surface area contributed by atoms with Crippen LogP contribution >= 0.6 is 11.6 Å². The number of nitrogens with zero attached hydrogens (tertiary/aromatic N) is 5. The molecule has 12 nitrogen and oxygen atoms in total. The topological polar surface area (TPSA) is 150 Å². The number of likely N-dealkylation sites (tertiary alicyclic amines) is 1. The summed E-state index contributed by atoms with van der Waals surface area (Å²) in [7, 11) is 0. The number of aliphatic hydroxyl groups is 1. The number of carbonyl (C=O) groups is 2. The molecule has 0 bridgehead atoms. The monoisotopic (exact) mass is 668 g/mol. The molecule has 1 aliphatic carbocycles. The molecule has 0 unspecified atom stereocenters. The fourth-order valence-corrected chi connectivity index (χ4v) is 7.49. The van der Waals surface area contributed by atoms with Crippen LogP contribution in [-0.4, -0.2) is 102 Å². The molecular formula is C34H45ClN6O6. The van der Waals surface area contributed by atoms with Crippen LogP contribution in [0.4, 0.5) is 5.95 Å². The van der Waals surface area contributed by atoms with Gasteiger partial charge in [-0.3, -0.25) is 9.59 Å². The van der Waals surface area contributed by atoms with E-state index in [1.807, 2.05) is 0 Å². The number of anilines is 1. The molecule has 1 aromatic heterocycles. The minimum absolute atomic E-state index is 0.0317. The van der Waals surface area contributed by atoms with Crippen molar-refractivity contribution in [3.05, 3.63) is 46.7 Å². The average molecular weight is 669 g/mol. The fourth-order valence-electron chi connectivity index (χ4n) is 7.27. The van der Waals surface area contributed by atoms with Crippen LogP contribution in [0.25, 0.3) is 0 Å². The van der Waals surface area contributed by atoms with Gasteiger partial charge in [0.25, 0.3) is 5.91 Å². The molecule has 1 saturated carbocycles. The molecule has 2 aromatic rings. The van der Waals surface area contributed by atoms with Gasteiger partial charge in [0.2, 0.25) is 11.9 Å². The van der Waals surface area contributed by atoms with Crippen LogP contribution in [0, 0.1) is 22.2 Å². The minimum Gasteiger partial charge on any atom is -0.489 e. The number of ether oxygens (including phenoxy) is 3. The molecule has 254 valence electrons. The molecule has 47 heavy (non-hydrogen) atoms. The van der Waals surface area contributed by atoms with Gasteiger partial charge in [0.15, 0.2) is 0 Å². The highest BCUT2D eigenvalue weighted by atomic mass is 35.5. The highest BCUT2D eigenvalue weighted by Crippen LogP contribution is 2.55. The lowest BCUT2D eigenvalue weighted by Gasteiger charge is -2.63. The molecule has 13 heteroatoms. The van der Waals surface area contributed by atoms with Crippen molar-refractivity contribution >= 4 is 29.4 Å². The summed E-state index contributed by atoms with van der Waals surface area (Å²) in [4.78, 5) is 38.3. The van der Waals surface area contributed by atoms with Crippen LogP contribution in [0.15, 0.2) is 30.6 Å². The molecule has 0 spiro atoms. The zero-order valence-corrected chi connectivity index (χ0v) is 28.3. The Labute approximate surface area is 281 Å². The number of halogens is 1. The molecule has 3 fully saturated rings. The van der Waals surface area contributed by atoms with E-state index in [9.17, 15) is 14.7 Å². The zero-order valence-electron chi connectivity index (χ0n) is 27.6. The van der Waals surface area contributed by atoms with E-state index in [2.05, 4.69) is 53.9 Å². The van der Waals surface area contributed by atoms with E-state index >= 15 is 0 Å². The van der Waals surface area contributed by atoms with Crippen molar-refractivity contribution < 1.29 is 28.9 Å². The maximum Gasteiger partial charge on any atom is 0.254 e. The highest BCUT2D eigenvalue weighted by Gasteiger charge is 2.64. The first-order valence-corrected chi connectivity index (χ1v) is 16.7. The molecule has 0 atom stereocenters. The van der Waals surface area contributed by atoms with Crippen LogP contribution in [0.5, 0.6) is 5.75 Å². The first-order valence-electron chi connectivity index (χ1n) is 16.3. The third kappa shape index (κ3) is 7.97. The first kappa shape index (κ1) is 34.8. The van der Waals surface area contributed by atoms with Crippen LogP contribution in [-0.2, 0) is 14.3 Å². The molecule has 5 rings (SSSR count). The second kappa shape index (κ2) is 14.7. The predicted octanol–water partition coefficient (Wildman–Crippen LogP) is 3.60. The van der Waals surface area contributed by atoms with E-state index in [0.717, 1.165) is 25.9 Å². The van der Waals surface area contributed by atoms with Crippen LogP contribution in [0.2, 0.25) is 5.02 Å². The minimum atomic E-state index is -0.380. The fraction of sp³-hybridized carbons (Fsp3) is 0.618. The largest absolute Gasteiger partial charge is 0.489 e. The Morgan fingerprint density at radius 1 is 1.04 bits per heavy atom. The molecular weight excluding hydrogens is 624 g/mol. The lowest BCUT2D eigenvalue weighted by atomic mass is 9.49. The number of hydrogen-bond donors (Lipinski definition) is 2. The normalized spacial score (nSPS) is 22.7. The number of hydrogen-bond acceptors (Lipinski definition) is 10. The van der Waals surface area contributed by atoms with Crippen molar-refractivity contribution in [2.45, 2.75) is 77.7 Å². The maximum atomic E-state index is 13.3. The van der Waals surface area contributed by atoms with E-state index in [4.69, 9.17) is 31.1 Å². The van der Waals surface area contributed by atoms with E-state index in [-0.39, 0.29) is 53.6 Å². The summed E-state index contributed by atoms with van der Waals surface area (Å²) < 4.78 is 17.8. The third-order valence-electron chi connectivity index (χ3n) is 9.68. The number of rotatable bonds is 11. The second-order valence-electron chi connectivity index (χ2n) is 13.8. The Bertz CT molecular complexity index is 1430. The average Bonchev–Trinajstić information content (AvgIpc) is 3.06. The number of piperidine rings is 2. The first-order chi connectivity index (χ1) is 22.4. The summed E-state index contributed by atoms with van der Waals surface area (Å²) in [5.41, 5.74) is 0.0184. The van der Waals surface area contributed by atoms with Gasteiger partial charge in [0.1, 0.15) is 24.5 Å². The number of carbonyl (C=O) groups excluding carboxylic acids is 2. The SMILES string of the molecule is CC1(C)C(NC(=O)c2cnc(N3CCC(OCCOCC(=O)N4CCC(O)CC4)CC3)nc2)C(C)(C)C1Oc1ccc(C#N)c(Cl)c1. The molecule has 3 aliphatic rings. The van der Waals surface area contributed by atoms with Gasteiger partial charge in [-0.15, -0.1) is 0 Å². The number of aromatic nitrogens is 2. The van der Waals surface area contributed by atoms with Crippen molar-refractivity contribution in [2.75, 3.05) is 50.9 Å². The maximum absolute atomic E-state index is 13.3. The Morgan fingerprint density at radius 3 is 2.32 bits per heavy atom. The van der Waals surface area contributed by atoms with Crippen molar-refractivity contribution in [3.63, 3.8) is 0 Å². The smallest absolute Gasteiger partial charge is 0.254 e. The molecule has 2 saturated heterocycles. The Morgan fingerprint density at radius 2 is 1.70 bits per heavy atom. The van der Waals surface area contributed by atoms with Crippen molar-refractivity contribution in [3.8, 4) is 11.8 Å². The predicted molar refractivity (Wildman–Crippen MR) is 175 cm³/mol. The summed E-state index contributed by atoms with van der Waals surface area (Å²) in [6.07, 6.45) is 5.57. The van der Waals surface area contributed by atoms with Crippen LogP contribution < -0.4 is 15.0 Å². The van der Waals surface area contributed by atoms with Gasteiger partial charge in [-0.05, 0) is 37.8 Å². The van der Waals surface area contributed by atoms with Crippen LogP contribution in [0.3, 0.4) is 0 Å². The van der Waals surface area contributed by atoms with E-state index in [1.54, 1.807) is 35.5 Å². The van der Waals surface area contributed by atoms with Gasteiger partial charge in [-0.2, -0.15) is 5.26 Å². The molecule has 2 amide bonds. The lowest BCUT2D eigenvalue weighted by Crippen LogP contribution is -2.74. The standard InChI is InChI=1S/C34H45ClN6O6/c1-33(2)30(34(3,4)31(33)47-26-6-5-22(18-36)27(35)17-26)39-29(44)23-19-37-32(38-20-23)41-13-9-25(10-14-41)46-16-15-45-21-28(43)40-11-7-24(42)8-12-40/h5-6,17,19-20,24-25,30-31,42H,7-16,21H2,1-4H3,(H,39,44). The molecule has 1 aromatic carbocycles. The number of amides is 2. The molecule has 2 N–H and O–H groups in total. The quantitative estimate of drug-likeness (QED) is 0.340. The highest BCUT2D eigenvalue weighted by molar-refractivity contribution is 6.31. The summed E-state index contributed by atoms with van der Waals surface area (Å²) in [6.45, 7) is 11.6. The summed E-state index contributed by atoms with van der Waals surface area (Å²) in [5, 5.41) is 22.3. The Hall–Kier alpha value is -3.50. The van der Waals surface area contributed by atoms with Gasteiger partial charge in [-0.25, -0.2) is 9.97 Å².